The quantitative estimate of drug-likeness (QED) is 0.669. The van der Waals surface area contributed by atoms with Crippen molar-refractivity contribution in [2.45, 2.75) is 13.8 Å². The third-order valence-electron chi connectivity index (χ3n) is 3.77. The minimum absolute atomic E-state index is 0.313. The molecule has 1 heterocycles. The van der Waals surface area contributed by atoms with Crippen LogP contribution in [0.4, 0.5) is 20.9 Å². The number of carbonyl (C=O) groups excluding carboxylic acids is 1. The van der Waals surface area contributed by atoms with Crippen LogP contribution in [0.15, 0.2) is 42.5 Å². The molecule has 0 aliphatic heterocycles. The molecule has 0 saturated heterocycles. The second-order valence-corrected chi connectivity index (χ2v) is 6.70. The number of methoxy groups -OCH3 is 1. The van der Waals surface area contributed by atoms with Gasteiger partial charge in [0.1, 0.15) is 16.4 Å². The first-order valence-electron chi connectivity index (χ1n) is 7.92. The van der Waals surface area contributed by atoms with Gasteiger partial charge < -0.3 is 15.4 Å². The molecule has 26 heavy (non-hydrogen) atoms. The van der Waals surface area contributed by atoms with Crippen LogP contribution in [0.25, 0.3) is 0 Å². The van der Waals surface area contributed by atoms with Crippen LogP contribution in [0.5, 0.6) is 5.75 Å². The van der Waals surface area contributed by atoms with Gasteiger partial charge in [-0.05, 0) is 43.7 Å². The van der Waals surface area contributed by atoms with E-state index in [0.717, 1.165) is 17.0 Å². The van der Waals surface area contributed by atoms with Gasteiger partial charge in [-0.3, -0.25) is 4.79 Å². The van der Waals surface area contributed by atoms with E-state index >= 15 is 0 Å². The van der Waals surface area contributed by atoms with Gasteiger partial charge in [0, 0.05) is 17.4 Å². The highest BCUT2D eigenvalue weighted by atomic mass is 32.1. The summed E-state index contributed by atoms with van der Waals surface area (Å²) >= 11 is 1.24. The summed E-state index contributed by atoms with van der Waals surface area (Å²) in [4.78, 5) is 17.4. The molecule has 0 aliphatic rings. The summed E-state index contributed by atoms with van der Waals surface area (Å²) in [5.74, 6) is 0.0162. The largest absolute Gasteiger partial charge is 0.497 e. The van der Waals surface area contributed by atoms with Crippen molar-refractivity contribution in [1.29, 1.82) is 0 Å². The standard InChI is InChI=1S/C19H18FN3O2S/c1-11-7-8-13(20)9-16(11)23-18(24)17-12(2)21-19(26-17)22-14-5-4-6-15(10-14)25-3/h4-10H,1-3H3,(H,21,22)(H,23,24). The molecule has 1 aromatic heterocycles. The highest BCUT2D eigenvalue weighted by Gasteiger charge is 2.17. The number of nitrogens with one attached hydrogen (secondary N) is 2. The fourth-order valence-corrected chi connectivity index (χ4v) is 3.27. The van der Waals surface area contributed by atoms with E-state index in [1.165, 1.54) is 23.5 Å². The van der Waals surface area contributed by atoms with Gasteiger partial charge in [0.2, 0.25) is 0 Å². The zero-order valence-corrected chi connectivity index (χ0v) is 15.4. The number of hydrogen-bond donors (Lipinski definition) is 2. The van der Waals surface area contributed by atoms with E-state index in [4.69, 9.17) is 4.74 Å². The third-order valence-corrected chi connectivity index (χ3v) is 4.84. The van der Waals surface area contributed by atoms with Crippen LogP contribution >= 0.6 is 11.3 Å². The van der Waals surface area contributed by atoms with Crippen LogP contribution in [0, 0.1) is 19.7 Å². The average Bonchev–Trinajstić information content (AvgIpc) is 2.98. The Balaban J connectivity index is 1.78. The van der Waals surface area contributed by atoms with Crippen molar-refractivity contribution in [3.05, 3.63) is 64.4 Å². The highest BCUT2D eigenvalue weighted by Crippen LogP contribution is 2.28. The number of hydrogen-bond acceptors (Lipinski definition) is 5. The number of aryl methyl sites for hydroxylation is 2. The lowest BCUT2D eigenvalue weighted by Crippen LogP contribution is -2.12. The molecule has 0 unspecified atom stereocenters. The number of thiazole rings is 1. The van der Waals surface area contributed by atoms with Gasteiger partial charge in [0.05, 0.1) is 12.8 Å². The lowest BCUT2D eigenvalue weighted by atomic mass is 10.2. The van der Waals surface area contributed by atoms with Gasteiger partial charge in [-0.1, -0.05) is 23.5 Å². The zero-order chi connectivity index (χ0) is 18.7. The molecule has 0 aliphatic carbocycles. The third kappa shape index (κ3) is 4.00. The Labute approximate surface area is 154 Å². The minimum atomic E-state index is -0.396. The van der Waals surface area contributed by atoms with Crippen molar-refractivity contribution in [2.75, 3.05) is 17.7 Å². The van der Waals surface area contributed by atoms with Crippen LogP contribution in [0.1, 0.15) is 20.9 Å². The van der Waals surface area contributed by atoms with E-state index in [1.807, 2.05) is 31.2 Å². The lowest BCUT2D eigenvalue weighted by Gasteiger charge is -2.07. The molecule has 0 fully saturated rings. The van der Waals surface area contributed by atoms with Crippen molar-refractivity contribution in [3.8, 4) is 5.75 Å². The highest BCUT2D eigenvalue weighted by molar-refractivity contribution is 7.17. The van der Waals surface area contributed by atoms with Gasteiger partial charge in [0.15, 0.2) is 5.13 Å². The van der Waals surface area contributed by atoms with E-state index in [-0.39, 0.29) is 5.91 Å². The van der Waals surface area contributed by atoms with Gasteiger partial charge >= 0.3 is 0 Å². The van der Waals surface area contributed by atoms with E-state index < -0.39 is 5.82 Å². The smallest absolute Gasteiger partial charge is 0.267 e. The van der Waals surface area contributed by atoms with Crippen LogP contribution in [0.3, 0.4) is 0 Å². The van der Waals surface area contributed by atoms with Crippen molar-refractivity contribution in [1.82, 2.24) is 4.98 Å². The first-order chi connectivity index (χ1) is 12.5. The molecule has 5 nitrogen and oxygen atoms in total. The van der Waals surface area contributed by atoms with E-state index in [9.17, 15) is 9.18 Å². The fraction of sp³-hybridized carbons (Fsp3) is 0.158. The summed E-state index contributed by atoms with van der Waals surface area (Å²) in [6, 6.07) is 11.7. The Morgan fingerprint density at radius 1 is 1.19 bits per heavy atom. The Morgan fingerprint density at radius 2 is 2.00 bits per heavy atom. The van der Waals surface area contributed by atoms with Crippen LogP contribution in [0.2, 0.25) is 0 Å². The molecule has 0 atom stereocenters. The number of nitrogens with zero attached hydrogens (tertiary/aromatic N) is 1. The normalized spacial score (nSPS) is 10.5. The molecular weight excluding hydrogens is 353 g/mol. The second-order valence-electron chi connectivity index (χ2n) is 5.70. The molecule has 0 saturated carbocycles. The molecule has 2 N–H and O–H groups in total. The molecule has 0 radical (unpaired) electrons. The number of ether oxygens (including phenoxy) is 1. The Kier molecular flexibility index (Phi) is 5.18. The summed E-state index contributed by atoms with van der Waals surface area (Å²) < 4.78 is 18.6. The molecule has 0 spiro atoms. The molecule has 134 valence electrons. The number of amides is 1. The number of halogens is 1. The van der Waals surface area contributed by atoms with E-state index in [0.29, 0.717) is 21.4 Å². The fourth-order valence-electron chi connectivity index (χ4n) is 2.39. The number of anilines is 3. The second kappa shape index (κ2) is 7.53. The van der Waals surface area contributed by atoms with Gasteiger partial charge in [-0.15, -0.1) is 0 Å². The van der Waals surface area contributed by atoms with Crippen molar-refractivity contribution >= 4 is 33.8 Å². The van der Waals surface area contributed by atoms with Gasteiger partial charge in [-0.2, -0.15) is 0 Å². The monoisotopic (exact) mass is 371 g/mol. The molecule has 7 heteroatoms. The summed E-state index contributed by atoms with van der Waals surface area (Å²) in [7, 11) is 1.60. The Morgan fingerprint density at radius 3 is 2.77 bits per heavy atom. The average molecular weight is 371 g/mol. The maximum absolute atomic E-state index is 13.4. The zero-order valence-electron chi connectivity index (χ0n) is 14.6. The molecule has 3 rings (SSSR count). The van der Waals surface area contributed by atoms with Crippen LogP contribution in [-0.4, -0.2) is 18.0 Å². The molecule has 1 amide bonds. The Bertz CT molecular complexity index is 956. The first kappa shape index (κ1) is 17.9. The van der Waals surface area contributed by atoms with Crippen molar-refractivity contribution in [2.24, 2.45) is 0 Å². The van der Waals surface area contributed by atoms with Gasteiger partial charge in [-0.25, -0.2) is 9.37 Å². The van der Waals surface area contributed by atoms with E-state index in [2.05, 4.69) is 15.6 Å². The number of benzene rings is 2. The van der Waals surface area contributed by atoms with Gasteiger partial charge in [0.25, 0.3) is 5.91 Å². The molecule has 3 aromatic rings. The number of carbonyl (C=O) groups is 1. The SMILES string of the molecule is COc1cccc(Nc2nc(C)c(C(=O)Nc3cc(F)ccc3C)s2)c1. The summed E-state index contributed by atoms with van der Waals surface area (Å²) in [6.45, 7) is 3.57. The minimum Gasteiger partial charge on any atom is -0.497 e. The van der Waals surface area contributed by atoms with Crippen molar-refractivity contribution < 1.29 is 13.9 Å². The van der Waals surface area contributed by atoms with Crippen LogP contribution < -0.4 is 15.4 Å². The summed E-state index contributed by atoms with van der Waals surface area (Å²) in [6.07, 6.45) is 0. The molecular formula is C19H18FN3O2S. The summed E-state index contributed by atoms with van der Waals surface area (Å²) in [5.41, 5.74) is 2.65. The van der Waals surface area contributed by atoms with Crippen molar-refractivity contribution in [3.63, 3.8) is 0 Å². The maximum Gasteiger partial charge on any atom is 0.267 e. The lowest BCUT2D eigenvalue weighted by molar-refractivity contribution is 0.102. The number of rotatable bonds is 5. The molecule has 2 aromatic carbocycles. The first-order valence-corrected chi connectivity index (χ1v) is 8.74. The topological polar surface area (TPSA) is 63.2 Å². The maximum atomic E-state index is 13.4. The predicted molar refractivity (Wildman–Crippen MR) is 102 cm³/mol. The summed E-state index contributed by atoms with van der Waals surface area (Å²) in [5, 5.41) is 6.51. The van der Waals surface area contributed by atoms with E-state index in [1.54, 1.807) is 20.1 Å². The molecule has 0 bridgehead atoms. The predicted octanol–water partition coefficient (Wildman–Crippen LogP) is 4.90. The Hall–Kier alpha value is -2.93. The van der Waals surface area contributed by atoms with Crippen LogP contribution in [-0.2, 0) is 0 Å². The number of aromatic nitrogens is 1.